The van der Waals surface area contributed by atoms with E-state index in [1.54, 1.807) is 84.9 Å². The van der Waals surface area contributed by atoms with Crippen LogP contribution in [0.1, 0.15) is 51.1 Å². The fraction of sp³-hybridized carbons (Fsp3) is 0.143. The van der Waals surface area contributed by atoms with Gasteiger partial charge in [-0.15, -0.1) is 0 Å². The van der Waals surface area contributed by atoms with E-state index in [-0.39, 0.29) is 42.3 Å². The topological polar surface area (TPSA) is 154 Å². The third-order valence-corrected chi connectivity index (χ3v) is 7.06. The highest BCUT2D eigenvalue weighted by atomic mass is 35.5. The van der Waals surface area contributed by atoms with E-state index < -0.39 is 23.8 Å². The van der Waals surface area contributed by atoms with Crippen LogP contribution >= 0.6 is 23.2 Å². The van der Waals surface area contributed by atoms with E-state index in [1.165, 1.54) is 26.6 Å². The lowest BCUT2D eigenvalue weighted by Crippen LogP contribution is -2.20. The van der Waals surface area contributed by atoms with Crippen LogP contribution < -0.4 is 29.8 Å². The molecule has 0 aliphatic carbocycles. The number of rotatable bonds is 14. The van der Waals surface area contributed by atoms with Gasteiger partial charge < -0.3 is 18.9 Å². The number of hydrazone groups is 2. The minimum Gasteiger partial charge on any atom is -0.493 e. The first-order chi connectivity index (χ1) is 23.6. The van der Waals surface area contributed by atoms with Gasteiger partial charge in [0.25, 0.3) is 0 Å². The Bertz CT molecular complexity index is 1730. The highest BCUT2D eigenvalue weighted by molar-refractivity contribution is 6.31. The molecule has 2 N–H and O–H groups in total. The number of halogens is 2. The van der Waals surface area contributed by atoms with Crippen molar-refractivity contribution in [2.45, 2.75) is 19.3 Å². The number of hydrogen-bond donors (Lipinski definition) is 2. The molecule has 0 saturated heterocycles. The summed E-state index contributed by atoms with van der Waals surface area (Å²) in [7, 11) is 2.86. The number of methoxy groups -OCH3 is 2. The van der Waals surface area contributed by atoms with Crippen LogP contribution in [0, 0.1) is 0 Å². The fourth-order valence-corrected chi connectivity index (χ4v) is 4.32. The van der Waals surface area contributed by atoms with Crippen molar-refractivity contribution < 1.29 is 38.1 Å². The number of ether oxygens (including phenoxy) is 4. The number of benzene rings is 4. The Morgan fingerprint density at radius 2 is 0.980 bits per heavy atom. The SMILES string of the molecule is COc1cc(/C=N/NC(=O)CCCC(=O)N/N=C/c2ccc(OC(=O)c3ccc(Cl)cc3)c(OC)c2)ccc1OC(=O)c1ccc(Cl)cc1. The molecule has 0 unspecified atom stereocenters. The van der Waals surface area contributed by atoms with Gasteiger partial charge in [0, 0.05) is 22.9 Å². The van der Waals surface area contributed by atoms with Crippen LogP contribution in [-0.4, -0.2) is 50.4 Å². The predicted molar refractivity (Wildman–Crippen MR) is 184 cm³/mol. The van der Waals surface area contributed by atoms with Crippen molar-refractivity contribution in [3.8, 4) is 23.0 Å². The molecule has 0 aromatic heterocycles. The molecular weight excluding hydrogens is 675 g/mol. The Labute approximate surface area is 291 Å². The Morgan fingerprint density at radius 1 is 0.592 bits per heavy atom. The van der Waals surface area contributed by atoms with Crippen molar-refractivity contribution >= 4 is 59.4 Å². The molecule has 4 aromatic carbocycles. The number of carbonyl (C=O) groups excluding carboxylic acids is 4. The molecule has 0 bridgehead atoms. The third-order valence-electron chi connectivity index (χ3n) is 6.55. The standard InChI is InChI=1S/C35H30Cl2N4O8/c1-46-30-18-22(6-16-28(30)48-34(44)24-8-12-26(36)13-9-24)20-38-40-32(42)4-3-5-33(43)41-39-21-23-7-17-29(31(19-23)47-2)49-35(45)25-10-14-27(37)15-11-25/h6-21H,3-5H2,1-2H3,(H,40,42)(H,41,43)/b38-20+,39-21+. The van der Waals surface area contributed by atoms with Gasteiger partial charge in [-0.25, -0.2) is 20.4 Å². The van der Waals surface area contributed by atoms with Crippen LogP contribution in [0.15, 0.2) is 95.1 Å². The smallest absolute Gasteiger partial charge is 0.343 e. The average molecular weight is 706 g/mol. The van der Waals surface area contributed by atoms with Gasteiger partial charge in [-0.05, 0) is 102 Å². The van der Waals surface area contributed by atoms with Gasteiger partial charge in [0.2, 0.25) is 11.8 Å². The number of nitrogens with zero attached hydrogens (tertiary/aromatic N) is 2. The first kappa shape index (κ1) is 36.1. The number of esters is 2. The summed E-state index contributed by atoms with van der Waals surface area (Å²) in [5, 5.41) is 8.86. The summed E-state index contributed by atoms with van der Waals surface area (Å²) in [6.07, 6.45) is 3.15. The van der Waals surface area contributed by atoms with Crippen molar-refractivity contribution in [2.75, 3.05) is 14.2 Å². The van der Waals surface area contributed by atoms with Crippen LogP contribution in [0.4, 0.5) is 0 Å². The van der Waals surface area contributed by atoms with Gasteiger partial charge in [-0.2, -0.15) is 10.2 Å². The summed E-state index contributed by atoms with van der Waals surface area (Å²) in [5.74, 6) is -0.945. The van der Waals surface area contributed by atoms with Crippen molar-refractivity contribution in [3.05, 3.63) is 117 Å². The Kier molecular flexibility index (Phi) is 13.3. The molecule has 2 amide bonds. The summed E-state index contributed by atoms with van der Waals surface area (Å²) in [4.78, 5) is 49.2. The lowest BCUT2D eigenvalue weighted by Gasteiger charge is -2.10. The molecule has 0 aliphatic heterocycles. The quantitative estimate of drug-likeness (QED) is 0.0679. The number of amides is 2. The lowest BCUT2D eigenvalue weighted by molar-refractivity contribution is -0.122. The van der Waals surface area contributed by atoms with Gasteiger partial charge in [0.1, 0.15) is 0 Å². The summed E-state index contributed by atoms with van der Waals surface area (Å²) < 4.78 is 21.5. The number of carbonyl (C=O) groups is 4. The number of nitrogens with one attached hydrogen (secondary N) is 2. The van der Waals surface area contributed by atoms with Crippen molar-refractivity contribution in [2.24, 2.45) is 10.2 Å². The molecule has 49 heavy (non-hydrogen) atoms. The van der Waals surface area contributed by atoms with Crippen LogP contribution in [0.5, 0.6) is 23.0 Å². The first-order valence-electron chi connectivity index (χ1n) is 14.6. The summed E-state index contributed by atoms with van der Waals surface area (Å²) in [5.41, 5.74) is 6.61. The molecular formula is C35H30Cl2N4O8. The Hall–Kier alpha value is -5.72. The maximum absolute atomic E-state index is 12.4. The molecule has 0 radical (unpaired) electrons. The maximum atomic E-state index is 12.4. The van der Waals surface area contributed by atoms with Gasteiger partial charge >= 0.3 is 11.9 Å². The fourth-order valence-electron chi connectivity index (χ4n) is 4.07. The Balaban J connectivity index is 1.18. The van der Waals surface area contributed by atoms with Crippen molar-refractivity contribution in [3.63, 3.8) is 0 Å². The van der Waals surface area contributed by atoms with E-state index in [0.717, 1.165) is 0 Å². The van der Waals surface area contributed by atoms with E-state index in [9.17, 15) is 19.2 Å². The van der Waals surface area contributed by atoms with Crippen LogP contribution in [0.2, 0.25) is 10.0 Å². The van der Waals surface area contributed by atoms with Crippen molar-refractivity contribution in [1.29, 1.82) is 0 Å². The second-order valence-corrected chi connectivity index (χ2v) is 10.9. The van der Waals surface area contributed by atoms with Gasteiger partial charge in [-0.3, -0.25) is 9.59 Å². The molecule has 0 aliphatic rings. The first-order valence-corrected chi connectivity index (χ1v) is 15.4. The van der Waals surface area contributed by atoms with E-state index in [1.807, 2.05) is 0 Å². The molecule has 0 spiro atoms. The minimum atomic E-state index is -0.577. The third kappa shape index (κ3) is 11.2. The lowest BCUT2D eigenvalue weighted by atomic mass is 10.2. The molecule has 4 aromatic rings. The highest BCUT2D eigenvalue weighted by Gasteiger charge is 2.14. The molecule has 4 rings (SSSR count). The Morgan fingerprint density at radius 3 is 1.35 bits per heavy atom. The maximum Gasteiger partial charge on any atom is 0.343 e. The zero-order valence-electron chi connectivity index (χ0n) is 26.3. The zero-order chi connectivity index (χ0) is 35.2. The molecule has 252 valence electrons. The van der Waals surface area contributed by atoms with Gasteiger partial charge in [0.05, 0.1) is 37.8 Å². The van der Waals surface area contributed by atoms with Gasteiger partial charge in [-0.1, -0.05) is 23.2 Å². The molecule has 0 heterocycles. The van der Waals surface area contributed by atoms with Crippen molar-refractivity contribution in [1.82, 2.24) is 10.9 Å². The summed E-state index contributed by atoms with van der Waals surface area (Å²) >= 11 is 11.7. The predicted octanol–water partition coefficient (Wildman–Crippen LogP) is 6.22. The van der Waals surface area contributed by atoms with E-state index in [4.69, 9.17) is 42.1 Å². The summed E-state index contributed by atoms with van der Waals surface area (Å²) in [6, 6.07) is 22.1. The monoisotopic (exact) mass is 704 g/mol. The van der Waals surface area contributed by atoms with E-state index in [2.05, 4.69) is 21.1 Å². The van der Waals surface area contributed by atoms with Crippen LogP contribution in [0.3, 0.4) is 0 Å². The minimum absolute atomic E-state index is 0.0464. The highest BCUT2D eigenvalue weighted by Crippen LogP contribution is 2.29. The summed E-state index contributed by atoms with van der Waals surface area (Å²) in [6.45, 7) is 0. The zero-order valence-corrected chi connectivity index (χ0v) is 27.8. The average Bonchev–Trinajstić information content (AvgIpc) is 3.09. The molecule has 0 fully saturated rings. The van der Waals surface area contributed by atoms with Crippen LogP contribution in [0.25, 0.3) is 0 Å². The number of hydrogen-bond acceptors (Lipinski definition) is 10. The molecule has 0 saturated carbocycles. The van der Waals surface area contributed by atoms with E-state index >= 15 is 0 Å². The van der Waals surface area contributed by atoms with Gasteiger partial charge in [0.15, 0.2) is 23.0 Å². The molecule has 0 atom stereocenters. The second kappa shape index (κ2) is 18.0. The largest absolute Gasteiger partial charge is 0.493 e. The van der Waals surface area contributed by atoms with Crippen LogP contribution in [-0.2, 0) is 9.59 Å². The molecule has 12 nitrogen and oxygen atoms in total. The molecule has 14 heteroatoms. The van der Waals surface area contributed by atoms with E-state index in [0.29, 0.717) is 32.3 Å². The second-order valence-electron chi connectivity index (χ2n) is 10.1. The normalized spacial score (nSPS) is 10.9.